The number of amides is 1. The van der Waals surface area contributed by atoms with Gasteiger partial charge in [0.15, 0.2) is 0 Å². The van der Waals surface area contributed by atoms with Gasteiger partial charge in [0.25, 0.3) is 5.91 Å². The average Bonchev–Trinajstić information content (AvgIpc) is 2.32. The van der Waals surface area contributed by atoms with E-state index in [1.165, 1.54) is 24.6 Å². The van der Waals surface area contributed by atoms with Crippen molar-refractivity contribution >= 4 is 17.5 Å². The van der Waals surface area contributed by atoms with Crippen molar-refractivity contribution in [3.63, 3.8) is 0 Å². The zero-order valence-electron chi connectivity index (χ0n) is 10.4. The Labute approximate surface area is 112 Å². The van der Waals surface area contributed by atoms with E-state index in [9.17, 15) is 9.18 Å². The molecule has 0 aromatic heterocycles. The number of nitrogens with one attached hydrogen (secondary N) is 1. The van der Waals surface area contributed by atoms with E-state index in [1.807, 2.05) is 6.92 Å². The fourth-order valence-electron chi connectivity index (χ4n) is 2.47. The number of halogens is 2. The second kappa shape index (κ2) is 5.27. The van der Waals surface area contributed by atoms with E-state index in [0.717, 1.165) is 25.7 Å². The molecule has 0 radical (unpaired) electrons. The zero-order valence-corrected chi connectivity index (χ0v) is 11.2. The summed E-state index contributed by atoms with van der Waals surface area (Å²) >= 11 is 5.79. The van der Waals surface area contributed by atoms with E-state index >= 15 is 0 Å². The largest absolute Gasteiger partial charge is 0.347 e. The Balaban J connectivity index is 2.14. The number of hydrogen-bond acceptors (Lipinski definition) is 1. The molecular weight excluding hydrogens is 253 g/mol. The van der Waals surface area contributed by atoms with E-state index in [2.05, 4.69) is 5.32 Å². The molecule has 2 nitrogen and oxygen atoms in total. The van der Waals surface area contributed by atoms with Crippen LogP contribution in [0.25, 0.3) is 0 Å². The molecule has 0 aliphatic heterocycles. The second-order valence-electron chi connectivity index (χ2n) is 5.20. The molecule has 98 valence electrons. The van der Waals surface area contributed by atoms with Gasteiger partial charge in [-0.1, -0.05) is 30.9 Å². The van der Waals surface area contributed by atoms with E-state index < -0.39 is 5.82 Å². The number of carbonyl (C=O) groups is 1. The zero-order chi connectivity index (χ0) is 13.2. The topological polar surface area (TPSA) is 29.1 Å². The molecule has 0 saturated heterocycles. The Bertz CT molecular complexity index is 455. The lowest BCUT2D eigenvalue weighted by molar-refractivity contribution is 0.0878. The van der Waals surface area contributed by atoms with Crippen LogP contribution in [0.15, 0.2) is 18.2 Å². The quantitative estimate of drug-likeness (QED) is 0.866. The van der Waals surface area contributed by atoms with Gasteiger partial charge < -0.3 is 5.32 Å². The first-order chi connectivity index (χ1) is 8.50. The highest BCUT2D eigenvalue weighted by Gasteiger charge is 2.29. The first-order valence-corrected chi connectivity index (χ1v) is 6.66. The minimum Gasteiger partial charge on any atom is -0.347 e. The summed E-state index contributed by atoms with van der Waals surface area (Å²) in [5, 5.41) is 3.31. The maximum atomic E-state index is 13.6. The molecule has 0 unspecified atom stereocenters. The van der Waals surface area contributed by atoms with Gasteiger partial charge in [0.2, 0.25) is 0 Å². The third-order valence-corrected chi connectivity index (χ3v) is 3.78. The Morgan fingerprint density at radius 3 is 2.67 bits per heavy atom. The van der Waals surface area contributed by atoms with Gasteiger partial charge in [-0.15, -0.1) is 0 Å². The van der Waals surface area contributed by atoms with E-state index in [0.29, 0.717) is 5.02 Å². The van der Waals surface area contributed by atoms with Gasteiger partial charge in [-0.05, 0) is 38.0 Å². The summed E-state index contributed by atoms with van der Waals surface area (Å²) in [4.78, 5) is 12.1. The van der Waals surface area contributed by atoms with Crippen molar-refractivity contribution in [2.75, 3.05) is 0 Å². The molecule has 0 atom stereocenters. The lowest BCUT2D eigenvalue weighted by atomic mass is 9.83. The normalized spacial score (nSPS) is 18.4. The van der Waals surface area contributed by atoms with E-state index in [1.54, 1.807) is 0 Å². The van der Waals surface area contributed by atoms with Crippen molar-refractivity contribution in [3.8, 4) is 0 Å². The summed E-state index contributed by atoms with van der Waals surface area (Å²) in [7, 11) is 0. The smallest absolute Gasteiger partial charge is 0.254 e. The molecule has 1 aliphatic rings. The molecule has 0 heterocycles. The van der Waals surface area contributed by atoms with Crippen LogP contribution in [0.1, 0.15) is 49.4 Å². The highest BCUT2D eigenvalue weighted by atomic mass is 35.5. The van der Waals surface area contributed by atoms with Crippen molar-refractivity contribution in [1.29, 1.82) is 0 Å². The minimum absolute atomic E-state index is 0.0225. The van der Waals surface area contributed by atoms with Crippen LogP contribution >= 0.6 is 11.6 Å². The first-order valence-electron chi connectivity index (χ1n) is 6.28. The summed E-state index contributed by atoms with van der Waals surface area (Å²) in [6.45, 7) is 2.02. The molecule has 1 amide bonds. The van der Waals surface area contributed by atoms with Gasteiger partial charge in [-0.2, -0.15) is 0 Å². The summed E-state index contributed by atoms with van der Waals surface area (Å²) in [6.07, 6.45) is 5.31. The molecule has 1 N–H and O–H groups in total. The Morgan fingerprint density at radius 2 is 2.00 bits per heavy atom. The first kappa shape index (κ1) is 13.3. The maximum Gasteiger partial charge on any atom is 0.254 e. The van der Waals surface area contributed by atoms with Gasteiger partial charge >= 0.3 is 0 Å². The van der Waals surface area contributed by atoms with Crippen LogP contribution < -0.4 is 5.32 Å². The number of rotatable bonds is 2. The van der Waals surface area contributed by atoms with Crippen LogP contribution in [-0.2, 0) is 0 Å². The average molecular weight is 270 g/mol. The summed E-state index contributed by atoms with van der Waals surface area (Å²) < 4.78 is 13.6. The SMILES string of the molecule is CC1(NC(=O)c2cc(Cl)ccc2F)CCCCC1. The highest BCUT2D eigenvalue weighted by molar-refractivity contribution is 6.31. The molecule has 1 fully saturated rings. The molecule has 1 aromatic rings. The van der Waals surface area contributed by atoms with Gasteiger partial charge in [-0.25, -0.2) is 4.39 Å². The predicted molar refractivity (Wildman–Crippen MR) is 70.4 cm³/mol. The standard InChI is InChI=1S/C14H17ClFNO/c1-14(7-3-2-4-8-14)17-13(18)11-9-10(15)5-6-12(11)16/h5-6,9H,2-4,7-8H2,1H3,(H,17,18). The maximum absolute atomic E-state index is 13.6. The number of benzene rings is 1. The van der Waals surface area contributed by atoms with Crippen molar-refractivity contribution in [1.82, 2.24) is 5.32 Å². The Hall–Kier alpha value is -1.09. The van der Waals surface area contributed by atoms with Crippen LogP contribution in [0.3, 0.4) is 0 Å². The molecule has 0 bridgehead atoms. The predicted octanol–water partition coefficient (Wildman–Crippen LogP) is 3.93. The Morgan fingerprint density at radius 1 is 1.33 bits per heavy atom. The van der Waals surface area contributed by atoms with Gasteiger partial charge in [0, 0.05) is 10.6 Å². The minimum atomic E-state index is -0.531. The molecule has 1 aliphatic carbocycles. The van der Waals surface area contributed by atoms with E-state index in [-0.39, 0.29) is 17.0 Å². The van der Waals surface area contributed by atoms with Crippen LogP contribution in [-0.4, -0.2) is 11.4 Å². The van der Waals surface area contributed by atoms with Crippen molar-refractivity contribution in [2.24, 2.45) is 0 Å². The molecule has 1 aromatic carbocycles. The van der Waals surface area contributed by atoms with Crippen LogP contribution in [0.2, 0.25) is 5.02 Å². The van der Waals surface area contributed by atoms with Crippen LogP contribution in [0, 0.1) is 5.82 Å². The third-order valence-electron chi connectivity index (χ3n) is 3.55. The molecule has 0 spiro atoms. The molecular formula is C14H17ClFNO. The van der Waals surface area contributed by atoms with Crippen LogP contribution in [0.4, 0.5) is 4.39 Å². The van der Waals surface area contributed by atoms with Crippen molar-refractivity contribution < 1.29 is 9.18 Å². The lowest BCUT2D eigenvalue weighted by Crippen LogP contribution is -2.47. The fourth-order valence-corrected chi connectivity index (χ4v) is 2.64. The molecule has 18 heavy (non-hydrogen) atoms. The third kappa shape index (κ3) is 3.02. The summed E-state index contributed by atoms with van der Waals surface area (Å²) in [6, 6.07) is 4.04. The van der Waals surface area contributed by atoms with Gasteiger partial charge in [-0.3, -0.25) is 4.79 Å². The summed E-state index contributed by atoms with van der Waals surface area (Å²) in [5.41, 5.74) is -0.196. The number of carbonyl (C=O) groups excluding carboxylic acids is 1. The number of hydrogen-bond donors (Lipinski definition) is 1. The van der Waals surface area contributed by atoms with Crippen LogP contribution in [0.5, 0.6) is 0 Å². The molecule has 1 saturated carbocycles. The monoisotopic (exact) mass is 269 g/mol. The Kier molecular flexibility index (Phi) is 3.91. The summed E-state index contributed by atoms with van der Waals surface area (Å²) in [5.74, 6) is -0.907. The van der Waals surface area contributed by atoms with Gasteiger partial charge in [0.05, 0.1) is 5.56 Å². The highest BCUT2D eigenvalue weighted by Crippen LogP contribution is 2.28. The lowest BCUT2D eigenvalue weighted by Gasteiger charge is -2.34. The fraction of sp³-hybridized carbons (Fsp3) is 0.500. The van der Waals surface area contributed by atoms with E-state index in [4.69, 9.17) is 11.6 Å². The van der Waals surface area contributed by atoms with Gasteiger partial charge in [0.1, 0.15) is 5.82 Å². The molecule has 4 heteroatoms. The van der Waals surface area contributed by atoms with Crippen molar-refractivity contribution in [2.45, 2.75) is 44.6 Å². The van der Waals surface area contributed by atoms with Crippen molar-refractivity contribution in [3.05, 3.63) is 34.6 Å². The second-order valence-corrected chi connectivity index (χ2v) is 5.64. The molecule has 2 rings (SSSR count).